The van der Waals surface area contributed by atoms with Crippen LogP contribution in [-0.4, -0.2) is 212 Å². The number of unbranched alkanes of at least 4 members (excludes halogenated alkanes) is 2. The number of carboxylic acid groups (broad SMARTS) is 8. The quantitative estimate of drug-likeness (QED) is 0.0551. The second kappa shape index (κ2) is 40.4. The number of hydrogen-bond donors (Lipinski definition) is 0. The van der Waals surface area contributed by atoms with Crippen molar-refractivity contribution in [3.05, 3.63) is 0 Å². The second-order valence-corrected chi connectivity index (χ2v) is 20.3. The third-order valence-corrected chi connectivity index (χ3v) is 11.9. The van der Waals surface area contributed by atoms with E-state index in [1.54, 1.807) is 35.5 Å². The first-order chi connectivity index (χ1) is 33.8. The average Bonchev–Trinajstić information content (AvgIpc) is 3.23. The van der Waals surface area contributed by atoms with Crippen LogP contribution < -0.4 is 40.9 Å². The normalized spacial score (nSPS) is 14.9. The van der Waals surface area contributed by atoms with Gasteiger partial charge in [-0.3, -0.25) is 43.8 Å². The molecule has 0 amide bonds. The minimum absolute atomic E-state index is 0. The van der Waals surface area contributed by atoms with E-state index in [2.05, 4.69) is 0 Å². The fraction of sp³-hybridized carbons (Fsp3) is 0.771. The standard InChI is InChI=1S/C28H46N2O12.C20H36N4O7.2Gd/c1-28(2,3)22(32)10-9-20(31)7-5-4-6-8-21(27(41)42)30(12-11-19(15-23(33)34)16-24(35)36)14-13-29(17-25(37)38)18-26(39)40;1-20(2,3)16(25)12-21-4-6-22(13-17(26)27)8-10-24(15-19(30)31)11-9-23(7-5-21)14-18(28)29;;/h19,21H,4-18H2,1-3H3,(H,33,34)(H,35,36)(H,37,38)(H,39,40)(H,41,42);4-15H2,1-3H3,(H,26,27)(H,28,29)(H,30,31);;/q;;2*+3/p-8. The molecule has 0 saturated carbocycles. The van der Waals surface area contributed by atoms with E-state index >= 15 is 0 Å². The summed E-state index contributed by atoms with van der Waals surface area (Å²) >= 11 is 0. The molecule has 0 N–H and O–H groups in total. The van der Waals surface area contributed by atoms with Gasteiger partial charge in [0.1, 0.15) is 11.6 Å². The van der Waals surface area contributed by atoms with Crippen molar-refractivity contribution in [1.82, 2.24) is 29.4 Å². The van der Waals surface area contributed by atoms with Crippen molar-refractivity contribution in [1.29, 1.82) is 0 Å². The molecular weight excluding hydrogens is 1280 g/mol. The van der Waals surface area contributed by atoms with E-state index in [0.29, 0.717) is 45.4 Å². The topological polar surface area (TPSA) is 392 Å². The molecule has 75 heavy (non-hydrogen) atoms. The first kappa shape index (κ1) is 76.4. The zero-order valence-electron chi connectivity index (χ0n) is 43.9. The smallest absolute Gasteiger partial charge is 0.550 e. The van der Waals surface area contributed by atoms with E-state index in [4.69, 9.17) is 0 Å². The Hall–Kier alpha value is -2.82. The van der Waals surface area contributed by atoms with Gasteiger partial charge in [-0.15, -0.1) is 0 Å². The van der Waals surface area contributed by atoms with Gasteiger partial charge in [-0.25, -0.2) is 0 Å². The van der Waals surface area contributed by atoms with E-state index in [0.717, 1.165) is 4.90 Å². The largest absolute Gasteiger partial charge is 3.00 e. The number of ketones is 3. The van der Waals surface area contributed by atoms with Gasteiger partial charge in [-0.2, -0.15) is 0 Å². The van der Waals surface area contributed by atoms with Gasteiger partial charge >= 0.3 is 79.9 Å². The number of nitrogens with zero attached hydrogens (tertiary/aromatic N) is 6. The predicted molar refractivity (Wildman–Crippen MR) is 241 cm³/mol. The van der Waals surface area contributed by atoms with Crippen LogP contribution in [0.3, 0.4) is 0 Å². The van der Waals surface area contributed by atoms with Crippen molar-refractivity contribution in [3.8, 4) is 0 Å². The molecule has 0 aliphatic carbocycles. The molecule has 0 spiro atoms. The van der Waals surface area contributed by atoms with Gasteiger partial charge in [-0.1, -0.05) is 54.4 Å². The fourth-order valence-electron chi connectivity index (χ4n) is 7.61. The molecule has 1 heterocycles. The Kier molecular flexibility index (Phi) is 41.1. The van der Waals surface area contributed by atoms with Crippen LogP contribution in [0.25, 0.3) is 0 Å². The summed E-state index contributed by atoms with van der Waals surface area (Å²) in [6.45, 7) is 10.5. The first-order valence-electron chi connectivity index (χ1n) is 24.3. The Morgan fingerprint density at radius 2 is 0.813 bits per heavy atom. The van der Waals surface area contributed by atoms with Gasteiger partial charge in [0.25, 0.3) is 0 Å². The molecule has 0 aromatic heterocycles. The molecule has 1 atom stereocenters. The van der Waals surface area contributed by atoms with Gasteiger partial charge in [0.15, 0.2) is 5.78 Å². The van der Waals surface area contributed by atoms with E-state index < -0.39 is 96.5 Å². The summed E-state index contributed by atoms with van der Waals surface area (Å²) in [4.78, 5) is 135. The molecule has 1 rings (SSSR count). The van der Waals surface area contributed by atoms with Gasteiger partial charge < -0.3 is 79.2 Å². The summed E-state index contributed by atoms with van der Waals surface area (Å²) in [5.41, 5.74) is -1.07. The minimum atomic E-state index is -1.57. The van der Waals surface area contributed by atoms with E-state index in [1.807, 2.05) is 25.7 Å². The van der Waals surface area contributed by atoms with E-state index in [-0.39, 0.29) is 201 Å². The number of hydrogen-bond acceptors (Lipinski definition) is 25. The van der Waals surface area contributed by atoms with Crippen LogP contribution in [0.1, 0.15) is 106 Å². The van der Waals surface area contributed by atoms with Crippen LogP contribution in [0.5, 0.6) is 0 Å². The summed E-state index contributed by atoms with van der Waals surface area (Å²) < 4.78 is 0. The molecule has 1 saturated heterocycles. The Labute approximate surface area is 503 Å². The Morgan fingerprint density at radius 1 is 0.427 bits per heavy atom. The number of carboxylic acids is 8. The van der Waals surface area contributed by atoms with Crippen molar-refractivity contribution >= 4 is 65.1 Å². The summed E-state index contributed by atoms with van der Waals surface area (Å²) in [7, 11) is 0. The van der Waals surface area contributed by atoms with Crippen LogP contribution in [0.2, 0.25) is 0 Å². The van der Waals surface area contributed by atoms with Crippen LogP contribution in [-0.2, 0) is 52.7 Å². The number of Topliss-reactive ketones (excluding diaryl/α,β-unsaturated/α-hetero) is 3. The SMILES string of the molecule is CC(C)(C)C(=O)CCC(=O)CCCCCC(C(=O)[O-])N(CCC(CC(=O)[O-])CC(=O)[O-])CCN(CC(=O)[O-])CC(=O)[O-].CC(C)(C)C(=O)CN1CCN(CC(=O)[O-])CCN(CC(=O)[O-])CCN(CC(=O)[O-])CC1.[Gd+3].[Gd+3]. The van der Waals surface area contributed by atoms with E-state index in [9.17, 15) is 93.6 Å². The second-order valence-electron chi connectivity index (χ2n) is 20.3. The third-order valence-electron chi connectivity index (χ3n) is 11.9. The van der Waals surface area contributed by atoms with Crippen molar-refractivity contribution in [2.45, 2.75) is 112 Å². The molecule has 0 aromatic rings. The summed E-state index contributed by atoms with van der Waals surface area (Å²) in [5, 5.41) is 89.5. The number of aliphatic carboxylic acids is 8. The van der Waals surface area contributed by atoms with Crippen molar-refractivity contribution < 1.29 is 173 Å². The summed E-state index contributed by atoms with van der Waals surface area (Å²) in [5.74, 6) is -12.4. The molecule has 25 nitrogen and oxygen atoms in total. The Bertz CT molecular complexity index is 1740. The van der Waals surface area contributed by atoms with Gasteiger partial charge in [-0.05, 0) is 44.6 Å². The van der Waals surface area contributed by atoms with Crippen molar-refractivity contribution in [2.75, 3.05) is 111 Å². The number of carbonyl (C=O) groups is 11. The average molecular weight is 1350 g/mol. The predicted octanol–water partition coefficient (Wildman–Crippen LogP) is -9.52. The maximum absolute atomic E-state index is 12.5. The van der Waals surface area contributed by atoms with Crippen LogP contribution >= 0.6 is 0 Å². The maximum Gasteiger partial charge on any atom is 3.00 e. The molecule has 1 unspecified atom stereocenters. The zero-order chi connectivity index (χ0) is 56.1. The van der Waals surface area contributed by atoms with Crippen LogP contribution in [0.4, 0.5) is 0 Å². The third kappa shape index (κ3) is 40.1. The molecular formula is C48H74Gd2N6O19-2. The Balaban J connectivity index is -0.00000140. The maximum atomic E-state index is 12.5. The minimum Gasteiger partial charge on any atom is -0.550 e. The molecule has 1 fully saturated rings. The molecule has 27 heteroatoms. The summed E-state index contributed by atoms with van der Waals surface area (Å²) in [6.07, 6.45) is 0.456. The number of carbonyl (C=O) groups excluding carboxylic acids is 11. The van der Waals surface area contributed by atoms with Gasteiger partial charge in [0.05, 0.1) is 42.4 Å². The summed E-state index contributed by atoms with van der Waals surface area (Å²) in [6, 6.07) is -1.26. The molecule has 0 aromatic carbocycles. The van der Waals surface area contributed by atoms with E-state index in [1.165, 1.54) is 4.90 Å². The fourth-order valence-corrected chi connectivity index (χ4v) is 7.61. The van der Waals surface area contributed by atoms with Crippen molar-refractivity contribution in [3.63, 3.8) is 0 Å². The van der Waals surface area contributed by atoms with Crippen LogP contribution in [0.15, 0.2) is 0 Å². The first-order valence-corrected chi connectivity index (χ1v) is 24.3. The molecule has 428 valence electrons. The molecule has 2 radical (unpaired) electrons. The van der Waals surface area contributed by atoms with Crippen molar-refractivity contribution in [2.24, 2.45) is 16.7 Å². The molecule has 1 aliphatic rings. The molecule has 0 bridgehead atoms. The van der Waals surface area contributed by atoms with Gasteiger partial charge in [0, 0.05) is 146 Å². The number of rotatable bonds is 33. The van der Waals surface area contributed by atoms with Crippen LogP contribution in [0, 0.1) is 96.6 Å². The Morgan fingerprint density at radius 3 is 1.15 bits per heavy atom. The van der Waals surface area contributed by atoms with Gasteiger partial charge in [0.2, 0.25) is 0 Å². The monoisotopic (exact) mass is 1350 g/mol. The zero-order valence-corrected chi connectivity index (χ0v) is 48.4. The molecule has 1 aliphatic heterocycles.